The summed E-state index contributed by atoms with van der Waals surface area (Å²) in [6.45, 7) is 15.5. The van der Waals surface area contributed by atoms with Crippen molar-refractivity contribution in [3.8, 4) is 0 Å². The summed E-state index contributed by atoms with van der Waals surface area (Å²) in [5, 5.41) is 2.73. The maximum absolute atomic E-state index is 7.10. The van der Waals surface area contributed by atoms with Crippen molar-refractivity contribution in [2.24, 2.45) is 0 Å². The summed E-state index contributed by atoms with van der Waals surface area (Å²) in [5.41, 5.74) is 1.39. The topological polar surface area (TPSA) is 15.7 Å². The molecule has 1 heterocycles. The van der Waals surface area contributed by atoms with E-state index in [0.29, 0.717) is 6.04 Å². The largest absolute Gasteiger partial charge is 0.406 e. The van der Waals surface area contributed by atoms with Crippen LogP contribution in [-0.4, -0.2) is 57.4 Å². The van der Waals surface area contributed by atoms with Gasteiger partial charge in [0.15, 0.2) is 0 Å². The second-order valence-corrected chi connectivity index (χ2v) is 15.8. The van der Waals surface area contributed by atoms with Gasteiger partial charge in [-0.15, -0.1) is 0 Å². The molecule has 35 heavy (non-hydrogen) atoms. The molecule has 0 spiro atoms. The van der Waals surface area contributed by atoms with Crippen LogP contribution in [0.4, 0.5) is 0 Å². The van der Waals surface area contributed by atoms with Crippen molar-refractivity contribution in [2.75, 3.05) is 39.3 Å². The molecular weight excluding hydrogens is 512 g/mol. The van der Waals surface area contributed by atoms with E-state index in [0.717, 1.165) is 43.8 Å². The fourth-order valence-corrected chi connectivity index (χ4v) is 10.2. The minimum absolute atomic E-state index is 0.0223. The Hall–Kier alpha value is -1.76. The second kappa shape index (κ2) is 11.5. The molecule has 0 unspecified atom stereocenters. The molecule has 0 N–H and O–H groups in total. The van der Waals surface area contributed by atoms with Crippen LogP contribution < -0.4 is 10.4 Å². The van der Waals surface area contributed by atoms with Crippen LogP contribution in [0.3, 0.4) is 0 Å². The number of hydrogen-bond donors (Lipinski definition) is 0. The first kappa shape index (κ1) is 26.3. The summed E-state index contributed by atoms with van der Waals surface area (Å²) >= 11 is 3.55. The summed E-state index contributed by atoms with van der Waals surface area (Å²) < 4.78 is 8.24. The third-order valence-corrected chi connectivity index (χ3v) is 13.0. The Morgan fingerprint density at radius 2 is 1.31 bits per heavy atom. The molecule has 4 rings (SSSR count). The first-order valence-corrected chi connectivity index (χ1v) is 15.5. The van der Waals surface area contributed by atoms with Gasteiger partial charge in [-0.3, -0.25) is 9.80 Å². The van der Waals surface area contributed by atoms with Crippen molar-refractivity contribution in [3.63, 3.8) is 0 Å². The maximum Gasteiger partial charge on any atom is 0.261 e. The van der Waals surface area contributed by atoms with Crippen LogP contribution in [0.25, 0.3) is 0 Å². The Morgan fingerprint density at radius 1 is 0.800 bits per heavy atom. The molecule has 186 valence electrons. The molecule has 3 nitrogen and oxygen atoms in total. The van der Waals surface area contributed by atoms with Gasteiger partial charge in [0.05, 0.1) is 0 Å². The number of rotatable bonds is 8. The second-order valence-electron chi connectivity index (χ2n) is 10.6. The molecule has 0 saturated carbocycles. The molecule has 3 aromatic carbocycles. The van der Waals surface area contributed by atoms with Gasteiger partial charge in [0.2, 0.25) is 0 Å². The predicted molar refractivity (Wildman–Crippen MR) is 154 cm³/mol. The average molecular weight is 552 g/mol. The molecule has 0 amide bonds. The SMILES string of the molecule is C[C@H](c1ccc(Br)cc1)N1CCN(CCO[Si](c2ccccc2)(c2ccccc2)C(C)(C)C)CC1. The first-order valence-electron chi connectivity index (χ1n) is 12.8. The average Bonchev–Trinajstić information content (AvgIpc) is 2.87. The summed E-state index contributed by atoms with van der Waals surface area (Å²) in [6.07, 6.45) is 0. The maximum atomic E-state index is 7.10. The van der Waals surface area contributed by atoms with E-state index in [1.165, 1.54) is 15.9 Å². The highest BCUT2D eigenvalue weighted by Gasteiger charge is 2.50. The summed E-state index contributed by atoms with van der Waals surface area (Å²) in [4.78, 5) is 5.17. The molecule has 5 heteroatoms. The van der Waals surface area contributed by atoms with Crippen molar-refractivity contribution in [2.45, 2.75) is 38.8 Å². The van der Waals surface area contributed by atoms with Gasteiger partial charge in [-0.1, -0.05) is 109 Å². The molecule has 1 aliphatic rings. The zero-order chi connectivity index (χ0) is 24.9. The van der Waals surface area contributed by atoms with E-state index in [-0.39, 0.29) is 5.04 Å². The molecule has 0 radical (unpaired) electrons. The summed E-state index contributed by atoms with van der Waals surface area (Å²) in [7, 11) is -2.45. The molecular formula is C30H39BrN2OSi. The molecule has 1 atom stereocenters. The van der Waals surface area contributed by atoms with Crippen LogP contribution in [0, 0.1) is 0 Å². The normalized spacial score (nSPS) is 16.8. The predicted octanol–water partition coefficient (Wildman–Crippen LogP) is 5.70. The third kappa shape index (κ3) is 5.97. The number of hydrogen-bond acceptors (Lipinski definition) is 3. The van der Waals surface area contributed by atoms with Crippen molar-refractivity contribution in [1.29, 1.82) is 0 Å². The lowest BCUT2D eigenvalue weighted by Crippen LogP contribution is -2.67. The lowest BCUT2D eigenvalue weighted by atomic mass is 10.1. The molecule has 1 aliphatic heterocycles. The van der Waals surface area contributed by atoms with Crippen LogP contribution in [0.15, 0.2) is 89.4 Å². The van der Waals surface area contributed by atoms with E-state index >= 15 is 0 Å². The number of benzene rings is 3. The van der Waals surface area contributed by atoms with Crippen molar-refractivity contribution in [1.82, 2.24) is 9.80 Å². The van der Waals surface area contributed by atoms with Gasteiger partial charge in [-0.25, -0.2) is 0 Å². The Labute approximate surface area is 221 Å². The van der Waals surface area contributed by atoms with Crippen LogP contribution in [-0.2, 0) is 4.43 Å². The van der Waals surface area contributed by atoms with Crippen LogP contribution in [0.1, 0.15) is 39.3 Å². The minimum Gasteiger partial charge on any atom is -0.406 e. The third-order valence-electron chi connectivity index (χ3n) is 7.45. The Balaban J connectivity index is 1.42. The van der Waals surface area contributed by atoms with E-state index < -0.39 is 8.32 Å². The van der Waals surface area contributed by atoms with Crippen LogP contribution in [0.5, 0.6) is 0 Å². The van der Waals surface area contributed by atoms with E-state index in [4.69, 9.17) is 4.43 Å². The van der Waals surface area contributed by atoms with Crippen LogP contribution >= 0.6 is 15.9 Å². The Bertz CT molecular complexity index is 1010. The molecule has 1 saturated heterocycles. The first-order chi connectivity index (χ1) is 16.8. The lowest BCUT2D eigenvalue weighted by Gasteiger charge is -2.44. The van der Waals surface area contributed by atoms with Crippen molar-refractivity contribution < 1.29 is 4.43 Å². The summed E-state index contributed by atoms with van der Waals surface area (Å²) in [6, 6.07) is 31.1. The molecule has 0 aliphatic carbocycles. The highest BCUT2D eigenvalue weighted by molar-refractivity contribution is 9.10. The van der Waals surface area contributed by atoms with Gasteiger partial charge >= 0.3 is 0 Å². The van der Waals surface area contributed by atoms with Gasteiger partial charge in [0.25, 0.3) is 8.32 Å². The lowest BCUT2D eigenvalue weighted by molar-refractivity contribution is 0.0906. The van der Waals surface area contributed by atoms with E-state index in [2.05, 4.69) is 138 Å². The van der Waals surface area contributed by atoms with Gasteiger partial charge in [0.1, 0.15) is 0 Å². The summed E-state index contributed by atoms with van der Waals surface area (Å²) in [5.74, 6) is 0. The van der Waals surface area contributed by atoms with E-state index in [1.54, 1.807) is 0 Å². The fraction of sp³-hybridized carbons (Fsp3) is 0.400. The molecule has 3 aromatic rings. The smallest absolute Gasteiger partial charge is 0.261 e. The molecule has 1 fully saturated rings. The van der Waals surface area contributed by atoms with E-state index in [1.807, 2.05) is 0 Å². The Morgan fingerprint density at radius 3 is 1.80 bits per heavy atom. The van der Waals surface area contributed by atoms with Gasteiger partial charge in [-0.05, 0) is 40.0 Å². The highest BCUT2D eigenvalue weighted by Crippen LogP contribution is 2.36. The minimum atomic E-state index is -2.45. The van der Waals surface area contributed by atoms with Gasteiger partial charge < -0.3 is 4.43 Å². The Kier molecular flexibility index (Phi) is 8.66. The van der Waals surface area contributed by atoms with Crippen molar-refractivity contribution in [3.05, 3.63) is 95.0 Å². The van der Waals surface area contributed by atoms with Crippen molar-refractivity contribution >= 4 is 34.6 Å². The van der Waals surface area contributed by atoms with Gasteiger partial charge in [-0.2, -0.15) is 0 Å². The zero-order valence-electron chi connectivity index (χ0n) is 21.6. The van der Waals surface area contributed by atoms with Crippen LogP contribution in [0.2, 0.25) is 5.04 Å². The number of halogens is 1. The quantitative estimate of drug-likeness (QED) is 0.334. The zero-order valence-corrected chi connectivity index (χ0v) is 24.2. The molecule has 0 aromatic heterocycles. The van der Waals surface area contributed by atoms with Gasteiger partial charge in [0, 0.05) is 49.8 Å². The number of nitrogens with zero attached hydrogens (tertiary/aromatic N) is 2. The number of piperazine rings is 1. The van der Waals surface area contributed by atoms with E-state index in [9.17, 15) is 0 Å². The monoisotopic (exact) mass is 550 g/mol. The standard InChI is InChI=1S/C30H39BrN2OSi/c1-25(26-15-17-27(31)18-16-26)33-21-19-32(20-22-33)23-24-34-35(30(2,3)4,28-11-7-5-8-12-28)29-13-9-6-10-14-29/h5-18,25H,19-24H2,1-4H3/t25-/m1/s1. The molecule has 0 bridgehead atoms. The fourth-order valence-electron chi connectivity index (χ4n) is 5.42. The highest BCUT2D eigenvalue weighted by atomic mass is 79.9.